The minimum atomic E-state index is -1.03. The van der Waals surface area contributed by atoms with Gasteiger partial charge >= 0.3 is 5.97 Å². The number of amidine groups is 1. The molecule has 7 nitrogen and oxygen atoms in total. The van der Waals surface area contributed by atoms with Crippen molar-refractivity contribution < 1.29 is 14.7 Å². The van der Waals surface area contributed by atoms with Crippen molar-refractivity contribution in [2.45, 2.75) is 11.7 Å². The highest BCUT2D eigenvalue weighted by Crippen LogP contribution is 2.22. The van der Waals surface area contributed by atoms with Crippen molar-refractivity contribution >= 4 is 63.9 Å². The molecule has 1 aromatic carbocycles. The van der Waals surface area contributed by atoms with E-state index in [-0.39, 0.29) is 12.3 Å². The standard InChI is InChI=1S/C16H18Cl2N4O3S/c17-5-7-22(8-6-18)12-3-1-11(2-4-12)10-19-21-16-20-15(25)13(26-16)9-14(23)24/h1-4,10,13H,5-9H2,(H,23,24)(H,20,21,25). The van der Waals surface area contributed by atoms with Crippen LogP contribution in [0.5, 0.6) is 0 Å². The first-order valence-electron chi connectivity index (χ1n) is 7.80. The Morgan fingerprint density at radius 2 is 1.92 bits per heavy atom. The summed E-state index contributed by atoms with van der Waals surface area (Å²) in [6, 6.07) is 7.68. The minimum Gasteiger partial charge on any atom is -0.481 e. The number of benzene rings is 1. The highest BCUT2D eigenvalue weighted by atomic mass is 35.5. The molecule has 1 heterocycles. The summed E-state index contributed by atoms with van der Waals surface area (Å²) in [5.74, 6) is -0.359. The van der Waals surface area contributed by atoms with Gasteiger partial charge < -0.3 is 15.3 Å². The summed E-state index contributed by atoms with van der Waals surface area (Å²) in [6.07, 6.45) is 1.31. The maximum absolute atomic E-state index is 11.6. The third kappa shape index (κ3) is 6.19. The normalized spacial score (nSPS) is 18.5. The number of nitrogens with one attached hydrogen (secondary N) is 1. The zero-order chi connectivity index (χ0) is 18.9. The quantitative estimate of drug-likeness (QED) is 0.366. The zero-order valence-electron chi connectivity index (χ0n) is 13.8. The molecule has 0 saturated carbocycles. The second kappa shape index (κ2) is 10.4. The predicted molar refractivity (Wildman–Crippen MR) is 107 cm³/mol. The van der Waals surface area contributed by atoms with E-state index in [1.807, 2.05) is 24.3 Å². The Morgan fingerprint density at radius 1 is 1.27 bits per heavy atom. The predicted octanol–water partition coefficient (Wildman–Crippen LogP) is 2.37. The van der Waals surface area contributed by atoms with Crippen molar-refractivity contribution in [2.24, 2.45) is 10.2 Å². The highest BCUT2D eigenvalue weighted by molar-refractivity contribution is 8.15. The topological polar surface area (TPSA) is 94.4 Å². The molecule has 0 bridgehead atoms. The van der Waals surface area contributed by atoms with Gasteiger partial charge in [0, 0.05) is 30.5 Å². The van der Waals surface area contributed by atoms with E-state index in [4.69, 9.17) is 28.3 Å². The van der Waals surface area contributed by atoms with Crippen molar-refractivity contribution in [3.05, 3.63) is 29.8 Å². The maximum atomic E-state index is 11.6. The van der Waals surface area contributed by atoms with Crippen LogP contribution in [0.15, 0.2) is 34.5 Å². The average Bonchev–Trinajstić information content (AvgIpc) is 2.94. The van der Waals surface area contributed by atoms with Crippen LogP contribution in [0.2, 0.25) is 0 Å². The molecule has 1 aliphatic rings. The molecule has 1 unspecified atom stereocenters. The lowest BCUT2D eigenvalue weighted by molar-refractivity contribution is -0.138. The number of carbonyl (C=O) groups excluding carboxylic acids is 1. The summed E-state index contributed by atoms with van der Waals surface area (Å²) in [7, 11) is 0. The van der Waals surface area contributed by atoms with Crippen molar-refractivity contribution in [1.29, 1.82) is 0 Å². The number of amides is 1. The number of hydrogen-bond acceptors (Lipinski definition) is 6. The van der Waals surface area contributed by atoms with Crippen molar-refractivity contribution in [2.75, 3.05) is 29.7 Å². The Balaban J connectivity index is 1.96. The average molecular weight is 417 g/mol. The highest BCUT2D eigenvalue weighted by Gasteiger charge is 2.32. The van der Waals surface area contributed by atoms with Gasteiger partial charge in [0.15, 0.2) is 5.17 Å². The molecule has 26 heavy (non-hydrogen) atoms. The molecule has 1 atom stereocenters. The number of aliphatic carboxylic acids is 1. The molecule has 2 rings (SSSR count). The van der Waals surface area contributed by atoms with Crippen LogP contribution in [-0.4, -0.2) is 58.5 Å². The lowest BCUT2D eigenvalue weighted by atomic mass is 10.2. The molecule has 0 aliphatic carbocycles. The van der Waals surface area contributed by atoms with Crippen LogP contribution in [0.1, 0.15) is 12.0 Å². The Morgan fingerprint density at radius 3 is 2.50 bits per heavy atom. The first-order valence-corrected chi connectivity index (χ1v) is 9.75. The number of hydrogen-bond donors (Lipinski definition) is 2. The van der Waals surface area contributed by atoms with E-state index in [1.54, 1.807) is 6.21 Å². The lowest BCUT2D eigenvalue weighted by Crippen LogP contribution is -2.27. The first-order chi connectivity index (χ1) is 12.5. The van der Waals surface area contributed by atoms with Gasteiger partial charge in [0.05, 0.1) is 12.6 Å². The Hall–Kier alpha value is -1.77. The van der Waals surface area contributed by atoms with E-state index in [2.05, 4.69) is 20.4 Å². The van der Waals surface area contributed by atoms with Gasteiger partial charge in [0.1, 0.15) is 5.25 Å². The molecule has 140 valence electrons. The molecule has 0 aromatic heterocycles. The minimum absolute atomic E-state index is 0.248. The molecule has 1 aliphatic heterocycles. The van der Waals surface area contributed by atoms with E-state index in [0.29, 0.717) is 30.0 Å². The molecular formula is C16H18Cl2N4O3S. The molecule has 1 fully saturated rings. The Bertz CT molecular complexity index is 691. The molecule has 10 heteroatoms. The van der Waals surface area contributed by atoms with Gasteiger partial charge in [0.25, 0.3) is 0 Å². The SMILES string of the molecule is O=C(O)CC1SC(=NN=Cc2ccc(N(CCCl)CCCl)cc2)NC1=O. The third-order valence-electron chi connectivity index (χ3n) is 3.46. The number of carboxylic acid groups (broad SMARTS) is 1. The fourth-order valence-corrected chi connectivity index (χ4v) is 3.56. The summed E-state index contributed by atoms with van der Waals surface area (Å²) in [5.41, 5.74) is 1.86. The van der Waals surface area contributed by atoms with Crippen molar-refractivity contribution in [3.8, 4) is 0 Å². The van der Waals surface area contributed by atoms with Crippen LogP contribution in [0.25, 0.3) is 0 Å². The van der Waals surface area contributed by atoms with Crippen LogP contribution in [0.3, 0.4) is 0 Å². The summed E-state index contributed by atoms with van der Waals surface area (Å²) in [6.45, 7) is 1.42. The number of rotatable bonds is 9. The van der Waals surface area contributed by atoms with Crippen LogP contribution in [0, 0.1) is 0 Å². The van der Waals surface area contributed by atoms with Crippen LogP contribution in [0.4, 0.5) is 5.69 Å². The van der Waals surface area contributed by atoms with Crippen LogP contribution >= 0.6 is 35.0 Å². The third-order valence-corrected chi connectivity index (χ3v) is 4.87. The summed E-state index contributed by atoms with van der Waals surface area (Å²) in [5, 5.41) is 18.8. The molecule has 1 saturated heterocycles. The second-order valence-electron chi connectivity index (χ2n) is 5.30. The number of carbonyl (C=O) groups is 2. The number of alkyl halides is 2. The van der Waals surface area contributed by atoms with Gasteiger partial charge in [-0.15, -0.1) is 28.3 Å². The number of nitrogens with zero attached hydrogens (tertiary/aromatic N) is 3. The molecule has 1 amide bonds. The number of carboxylic acids is 1. The second-order valence-corrected chi connectivity index (χ2v) is 7.25. The summed E-state index contributed by atoms with van der Waals surface area (Å²) >= 11 is 12.7. The zero-order valence-corrected chi connectivity index (χ0v) is 16.1. The van der Waals surface area contributed by atoms with Crippen molar-refractivity contribution in [3.63, 3.8) is 0 Å². The lowest BCUT2D eigenvalue weighted by Gasteiger charge is -2.22. The fraction of sp³-hybridized carbons (Fsp3) is 0.375. The molecule has 2 N–H and O–H groups in total. The van der Waals surface area contributed by atoms with Gasteiger partial charge in [-0.3, -0.25) is 9.59 Å². The summed E-state index contributed by atoms with van der Waals surface area (Å²) in [4.78, 5) is 24.4. The van der Waals surface area contributed by atoms with Crippen molar-refractivity contribution in [1.82, 2.24) is 5.32 Å². The van der Waals surface area contributed by atoms with E-state index in [1.165, 1.54) is 0 Å². The molecule has 0 spiro atoms. The monoisotopic (exact) mass is 416 g/mol. The van der Waals surface area contributed by atoms with E-state index < -0.39 is 11.2 Å². The van der Waals surface area contributed by atoms with E-state index in [0.717, 1.165) is 23.0 Å². The van der Waals surface area contributed by atoms with Gasteiger partial charge in [-0.05, 0) is 17.7 Å². The maximum Gasteiger partial charge on any atom is 0.305 e. The Kier molecular flexibility index (Phi) is 8.21. The van der Waals surface area contributed by atoms with Gasteiger partial charge in [0.2, 0.25) is 5.91 Å². The largest absolute Gasteiger partial charge is 0.481 e. The fourth-order valence-electron chi connectivity index (χ4n) is 2.24. The van der Waals surface area contributed by atoms with E-state index in [9.17, 15) is 9.59 Å². The van der Waals surface area contributed by atoms with Gasteiger partial charge in [-0.25, -0.2) is 0 Å². The molecular weight excluding hydrogens is 399 g/mol. The van der Waals surface area contributed by atoms with Gasteiger partial charge in [-0.2, -0.15) is 5.10 Å². The smallest absolute Gasteiger partial charge is 0.305 e. The number of anilines is 1. The number of halogens is 2. The van der Waals surface area contributed by atoms with Crippen LogP contribution < -0.4 is 10.2 Å². The molecule has 0 radical (unpaired) electrons. The molecule has 1 aromatic rings. The number of thioether (sulfide) groups is 1. The summed E-state index contributed by atoms with van der Waals surface area (Å²) < 4.78 is 0. The van der Waals surface area contributed by atoms with Crippen LogP contribution in [-0.2, 0) is 9.59 Å². The van der Waals surface area contributed by atoms with Gasteiger partial charge in [-0.1, -0.05) is 23.9 Å². The van der Waals surface area contributed by atoms with E-state index >= 15 is 0 Å². The Labute approximate surface area is 165 Å². The first kappa shape index (κ1) is 20.5.